The summed E-state index contributed by atoms with van der Waals surface area (Å²) in [6, 6.07) is 22.5. The van der Waals surface area contributed by atoms with Gasteiger partial charge in [-0.05, 0) is 57.7 Å². The summed E-state index contributed by atoms with van der Waals surface area (Å²) in [6.07, 6.45) is 0.688. The van der Waals surface area contributed by atoms with Crippen molar-refractivity contribution >= 4 is 33.5 Å². The molecule has 3 aromatic carbocycles. The number of amides is 1. The van der Waals surface area contributed by atoms with Gasteiger partial charge in [-0.25, -0.2) is 4.79 Å². The Kier molecular flexibility index (Phi) is 7.03. The molecular weight excluding hydrogens is 434 g/mol. The van der Waals surface area contributed by atoms with Gasteiger partial charge >= 0.3 is 5.97 Å². The van der Waals surface area contributed by atoms with Crippen molar-refractivity contribution < 1.29 is 19.1 Å². The molecule has 0 spiro atoms. The molecule has 0 radical (unpaired) electrons. The zero-order chi connectivity index (χ0) is 20.6. The smallest absolute Gasteiger partial charge is 0.339 e. The van der Waals surface area contributed by atoms with Crippen LogP contribution in [0.25, 0.3) is 0 Å². The van der Waals surface area contributed by atoms with Crippen molar-refractivity contribution in [1.29, 1.82) is 0 Å². The Balaban J connectivity index is 1.62. The number of hydrogen-bond donors (Lipinski definition) is 1. The van der Waals surface area contributed by atoms with Gasteiger partial charge in [0.1, 0.15) is 5.75 Å². The van der Waals surface area contributed by atoms with Gasteiger partial charge in [0, 0.05) is 10.2 Å². The summed E-state index contributed by atoms with van der Waals surface area (Å²) in [5, 5.41) is 2.82. The van der Waals surface area contributed by atoms with Crippen molar-refractivity contribution in [3.8, 4) is 5.75 Å². The van der Waals surface area contributed by atoms with Crippen molar-refractivity contribution in [2.45, 2.75) is 6.42 Å². The molecule has 0 aromatic heterocycles. The first-order chi connectivity index (χ1) is 14.1. The Morgan fingerprint density at radius 3 is 2.45 bits per heavy atom. The average Bonchev–Trinajstić information content (AvgIpc) is 2.74. The van der Waals surface area contributed by atoms with Crippen LogP contribution >= 0.6 is 15.9 Å². The number of anilines is 1. The summed E-state index contributed by atoms with van der Waals surface area (Å²) in [5.41, 5.74) is 3.11. The number of nitrogens with one attached hydrogen (secondary N) is 1. The second-order valence-electron chi connectivity index (χ2n) is 6.29. The third-order valence-electron chi connectivity index (χ3n) is 4.26. The van der Waals surface area contributed by atoms with Crippen LogP contribution in [0.5, 0.6) is 5.75 Å². The standard InChI is InChI=1S/C23H20BrNO4/c1-28-18-11-12-20(24)19(14-18)23(27)29-15-22(26)25-21-10-6-5-9-17(21)13-16-7-3-2-4-8-16/h2-12,14H,13,15H2,1H3,(H,25,26). The van der Waals surface area contributed by atoms with Crippen LogP contribution in [0.15, 0.2) is 77.3 Å². The number of ether oxygens (including phenoxy) is 2. The van der Waals surface area contributed by atoms with Gasteiger partial charge in [0.25, 0.3) is 5.91 Å². The van der Waals surface area contributed by atoms with E-state index in [1.807, 2.05) is 54.6 Å². The predicted octanol–water partition coefficient (Wildman–Crippen LogP) is 4.84. The number of hydrogen-bond acceptors (Lipinski definition) is 4. The van der Waals surface area contributed by atoms with Crippen LogP contribution in [0.2, 0.25) is 0 Å². The molecule has 0 aliphatic carbocycles. The molecule has 5 nitrogen and oxygen atoms in total. The van der Waals surface area contributed by atoms with E-state index in [0.717, 1.165) is 11.1 Å². The van der Waals surface area contributed by atoms with Gasteiger partial charge < -0.3 is 14.8 Å². The summed E-state index contributed by atoms with van der Waals surface area (Å²) in [6.45, 7) is -0.387. The van der Waals surface area contributed by atoms with E-state index in [4.69, 9.17) is 9.47 Å². The van der Waals surface area contributed by atoms with Gasteiger partial charge in [0.05, 0.1) is 12.7 Å². The first-order valence-corrected chi connectivity index (χ1v) is 9.78. The van der Waals surface area contributed by atoms with E-state index in [9.17, 15) is 9.59 Å². The van der Waals surface area contributed by atoms with E-state index in [-0.39, 0.29) is 6.61 Å². The zero-order valence-corrected chi connectivity index (χ0v) is 17.4. The fourth-order valence-electron chi connectivity index (χ4n) is 2.80. The maximum absolute atomic E-state index is 12.3. The quantitative estimate of drug-likeness (QED) is 0.519. The number of halogens is 1. The summed E-state index contributed by atoms with van der Waals surface area (Å²) in [4.78, 5) is 24.6. The van der Waals surface area contributed by atoms with Gasteiger partial charge in [0.2, 0.25) is 0 Å². The summed E-state index contributed by atoms with van der Waals surface area (Å²) >= 11 is 3.31. The lowest BCUT2D eigenvalue weighted by atomic mass is 10.0. The molecule has 0 unspecified atom stereocenters. The summed E-state index contributed by atoms with van der Waals surface area (Å²) in [7, 11) is 1.51. The van der Waals surface area contributed by atoms with Crippen LogP contribution in [0, 0.1) is 0 Å². The highest BCUT2D eigenvalue weighted by molar-refractivity contribution is 9.10. The second-order valence-corrected chi connectivity index (χ2v) is 7.14. The monoisotopic (exact) mass is 453 g/mol. The van der Waals surface area contributed by atoms with E-state index in [2.05, 4.69) is 21.2 Å². The van der Waals surface area contributed by atoms with Crippen LogP contribution in [0.3, 0.4) is 0 Å². The van der Waals surface area contributed by atoms with E-state index < -0.39 is 11.9 Å². The molecule has 1 N–H and O–H groups in total. The second kappa shape index (κ2) is 9.89. The Labute approximate surface area is 177 Å². The SMILES string of the molecule is COc1ccc(Br)c(C(=O)OCC(=O)Nc2ccccc2Cc2ccccc2)c1. The minimum absolute atomic E-state index is 0.293. The number of carbonyl (C=O) groups excluding carboxylic acids is 2. The maximum atomic E-state index is 12.3. The van der Waals surface area contributed by atoms with Crippen LogP contribution in [0.1, 0.15) is 21.5 Å². The van der Waals surface area contributed by atoms with Gasteiger partial charge in [-0.2, -0.15) is 0 Å². The molecule has 0 aliphatic heterocycles. The zero-order valence-electron chi connectivity index (χ0n) is 15.9. The minimum Gasteiger partial charge on any atom is -0.497 e. The molecule has 0 fully saturated rings. The Morgan fingerprint density at radius 1 is 0.966 bits per heavy atom. The number of benzene rings is 3. The van der Waals surface area contributed by atoms with Crippen molar-refractivity contribution in [3.05, 3.63) is 94.0 Å². The highest BCUT2D eigenvalue weighted by Gasteiger charge is 2.15. The molecule has 3 aromatic rings. The lowest BCUT2D eigenvalue weighted by Crippen LogP contribution is -2.21. The Hall–Kier alpha value is -3.12. The molecule has 0 aliphatic rings. The molecule has 0 heterocycles. The van der Waals surface area contributed by atoms with Crippen molar-refractivity contribution in [1.82, 2.24) is 0 Å². The van der Waals surface area contributed by atoms with Gasteiger partial charge in [-0.1, -0.05) is 48.5 Å². The van der Waals surface area contributed by atoms with Gasteiger partial charge in [-0.15, -0.1) is 0 Å². The van der Waals surface area contributed by atoms with Crippen LogP contribution in [-0.4, -0.2) is 25.6 Å². The van der Waals surface area contributed by atoms with Crippen molar-refractivity contribution in [2.24, 2.45) is 0 Å². The van der Waals surface area contributed by atoms with Crippen LogP contribution < -0.4 is 10.1 Å². The third kappa shape index (κ3) is 5.68. The highest BCUT2D eigenvalue weighted by Crippen LogP contribution is 2.23. The summed E-state index contributed by atoms with van der Waals surface area (Å²) in [5.74, 6) is -0.485. The van der Waals surface area contributed by atoms with Crippen molar-refractivity contribution in [3.63, 3.8) is 0 Å². The lowest BCUT2D eigenvalue weighted by molar-refractivity contribution is -0.119. The number of methoxy groups -OCH3 is 1. The fraction of sp³-hybridized carbons (Fsp3) is 0.130. The van der Waals surface area contributed by atoms with E-state index >= 15 is 0 Å². The molecule has 29 heavy (non-hydrogen) atoms. The maximum Gasteiger partial charge on any atom is 0.339 e. The Bertz CT molecular complexity index is 1000. The molecule has 3 rings (SSSR count). The van der Waals surface area contributed by atoms with E-state index in [1.54, 1.807) is 18.2 Å². The van der Waals surface area contributed by atoms with E-state index in [1.165, 1.54) is 7.11 Å². The largest absolute Gasteiger partial charge is 0.497 e. The molecule has 6 heteroatoms. The highest BCUT2D eigenvalue weighted by atomic mass is 79.9. The number of esters is 1. The molecule has 1 amide bonds. The number of carbonyl (C=O) groups is 2. The predicted molar refractivity (Wildman–Crippen MR) is 115 cm³/mol. The topological polar surface area (TPSA) is 64.6 Å². The molecule has 0 saturated carbocycles. The number of para-hydroxylation sites is 1. The fourth-order valence-corrected chi connectivity index (χ4v) is 3.20. The molecule has 0 saturated heterocycles. The normalized spacial score (nSPS) is 10.3. The summed E-state index contributed by atoms with van der Waals surface area (Å²) < 4.78 is 10.8. The third-order valence-corrected chi connectivity index (χ3v) is 4.95. The number of rotatable bonds is 7. The minimum atomic E-state index is -0.608. The Morgan fingerprint density at radius 2 is 1.69 bits per heavy atom. The van der Waals surface area contributed by atoms with Gasteiger partial charge in [0.15, 0.2) is 6.61 Å². The van der Waals surface area contributed by atoms with Crippen LogP contribution in [-0.2, 0) is 16.0 Å². The molecule has 0 atom stereocenters. The van der Waals surface area contributed by atoms with Crippen LogP contribution in [0.4, 0.5) is 5.69 Å². The first-order valence-electron chi connectivity index (χ1n) is 8.99. The molecular formula is C23H20BrNO4. The lowest BCUT2D eigenvalue weighted by Gasteiger charge is -2.12. The van der Waals surface area contributed by atoms with E-state index in [0.29, 0.717) is 27.9 Å². The molecule has 0 bridgehead atoms. The molecule has 148 valence electrons. The average molecular weight is 454 g/mol. The van der Waals surface area contributed by atoms with Crippen molar-refractivity contribution in [2.75, 3.05) is 19.0 Å². The van der Waals surface area contributed by atoms with Gasteiger partial charge in [-0.3, -0.25) is 4.79 Å². The first kappa shape index (κ1) is 20.6.